The van der Waals surface area contributed by atoms with Crippen LogP contribution in [0.3, 0.4) is 0 Å². The van der Waals surface area contributed by atoms with Crippen molar-refractivity contribution in [3.63, 3.8) is 0 Å². The van der Waals surface area contributed by atoms with Gasteiger partial charge in [-0.1, -0.05) is 24.3 Å². The molecule has 0 aliphatic rings. The van der Waals surface area contributed by atoms with E-state index < -0.39 is 11.9 Å². The van der Waals surface area contributed by atoms with Crippen molar-refractivity contribution in [1.82, 2.24) is 0 Å². The van der Waals surface area contributed by atoms with Crippen molar-refractivity contribution in [3.8, 4) is 5.75 Å². The molecule has 3 amide bonds. The van der Waals surface area contributed by atoms with Crippen LogP contribution < -0.4 is 16.0 Å². The number of carbonyl (C=O) groups excluding carboxylic acids is 3. The summed E-state index contributed by atoms with van der Waals surface area (Å²) in [5.41, 5.74) is 8.48. The number of hydrogen-bond acceptors (Lipinski definition) is 11. The van der Waals surface area contributed by atoms with E-state index in [1.807, 2.05) is 69.3 Å². The fourth-order valence-corrected chi connectivity index (χ4v) is 6.36. The number of carbonyl (C=O) groups is 4. The highest BCUT2D eigenvalue weighted by atomic mass is 16.4. The Labute approximate surface area is 367 Å². The van der Waals surface area contributed by atoms with Gasteiger partial charge in [-0.25, -0.2) is 0 Å². The summed E-state index contributed by atoms with van der Waals surface area (Å²) in [5, 5.41) is 55.8. The van der Waals surface area contributed by atoms with Gasteiger partial charge < -0.3 is 26.2 Å². The van der Waals surface area contributed by atoms with Gasteiger partial charge in [0.25, 0.3) is 11.8 Å². The average Bonchev–Trinajstić information content (AvgIpc) is 3.29. The summed E-state index contributed by atoms with van der Waals surface area (Å²) < 4.78 is 0. The number of phenols is 1. The zero-order chi connectivity index (χ0) is 45.2. The van der Waals surface area contributed by atoms with E-state index in [1.165, 1.54) is 0 Å². The van der Waals surface area contributed by atoms with Crippen LogP contribution in [-0.4, -0.2) is 33.9 Å². The second-order valence-corrected chi connectivity index (χ2v) is 14.7. The summed E-state index contributed by atoms with van der Waals surface area (Å²) in [6.45, 7) is 5.74. The molecular weight excluding hydrogens is 811 g/mol. The Balaban J connectivity index is 0.946. The molecule has 0 saturated heterocycles. The Morgan fingerprint density at radius 3 is 1.64 bits per heavy atom. The zero-order valence-electron chi connectivity index (χ0n) is 34.9. The lowest BCUT2D eigenvalue weighted by atomic mass is 10.1. The third-order valence-corrected chi connectivity index (χ3v) is 9.89. The van der Waals surface area contributed by atoms with Crippen LogP contribution in [0.15, 0.2) is 170 Å². The number of fused-ring (bicyclic) bond motifs is 1. The first-order chi connectivity index (χ1) is 30.9. The Hall–Kier alpha value is -8.72. The Morgan fingerprint density at radius 2 is 0.984 bits per heavy atom. The number of hydrogen-bond donors (Lipinski definition) is 5. The van der Waals surface area contributed by atoms with E-state index in [-0.39, 0.29) is 36.1 Å². The van der Waals surface area contributed by atoms with Crippen LogP contribution in [0.5, 0.6) is 5.75 Å². The van der Waals surface area contributed by atoms with Crippen molar-refractivity contribution in [2.24, 2.45) is 30.7 Å². The molecule has 0 spiro atoms. The molecule has 7 aromatic carbocycles. The van der Waals surface area contributed by atoms with E-state index >= 15 is 0 Å². The Kier molecular flexibility index (Phi) is 13.4. The number of rotatable bonds is 14. The standard InChI is InChI=1S/C49H41N9O6/c1-29-25-39(54-56-42-21-13-34-28-38(18-20-40(34)47(42)62)52-49(64)32-9-14-36(15-10-32)50-45(59)23-24-46(60)61)19-22-41(29)55-58-44-27-30(2)43(26-31(44)3)57-53-37-16-11-33(12-17-37)48(63)51-35-7-5-4-6-8-35/h4-22,25-28,62H,23-24H2,1-3H3,(H,50,59)(H,51,63)(H,52,64)(H,60,61). The van der Waals surface area contributed by atoms with Crippen LogP contribution in [-0.2, 0) is 9.59 Å². The van der Waals surface area contributed by atoms with E-state index in [4.69, 9.17) is 5.11 Å². The number of amides is 3. The van der Waals surface area contributed by atoms with Crippen LogP contribution in [0.2, 0.25) is 0 Å². The van der Waals surface area contributed by atoms with Gasteiger partial charge >= 0.3 is 5.97 Å². The van der Waals surface area contributed by atoms with Gasteiger partial charge in [-0.3, -0.25) is 19.2 Å². The SMILES string of the molecule is Cc1cc(N=Nc2ccc(N=Nc3ccc4cc(NC(=O)c5ccc(NC(=O)CCC(=O)O)cc5)ccc4c3O)cc2C)c(C)cc1N=Nc1ccc(C(=O)Nc2ccccc2)cc1. The van der Waals surface area contributed by atoms with Crippen molar-refractivity contribution in [2.75, 3.05) is 16.0 Å². The van der Waals surface area contributed by atoms with Crippen molar-refractivity contribution >= 4 is 85.6 Å². The molecular formula is C49H41N9O6. The largest absolute Gasteiger partial charge is 0.505 e. The van der Waals surface area contributed by atoms with E-state index in [9.17, 15) is 24.3 Å². The first-order valence-electron chi connectivity index (χ1n) is 20.0. The molecule has 0 aliphatic carbocycles. The van der Waals surface area contributed by atoms with Gasteiger partial charge in [-0.15, -0.1) is 5.11 Å². The number of nitrogens with zero attached hydrogens (tertiary/aromatic N) is 6. The quantitative estimate of drug-likeness (QED) is 0.0670. The second kappa shape index (κ2) is 19.8. The number of anilines is 3. The van der Waals surface area contributed by atoms with Crippen molar-refractivity contribution in [1.29, 1.82) is 0 Å². The smallest absolute Gasteiger partial charge is 0.303 e. The highest BCUT2D eigenvalue weighted by molar-refractivity contribution is 6.06. The molecule has 15 nitrogen and oxygen atoms in total. The lowest BCUT2D eigenvalue weighted by Crippen LogP contribution is -2.14. The monoisotopic (exact) mass is 851 g/mol. The highest BCUT2D eigenvalue weighted by Gasteiger charge is 2.13. The van der Waals surface area contributed by atoms with Crippen molar-refractivity contribution < 1.29 is 29.4 Å². The molecule has 0 bridgehead atoms. The fraction of sp³-hybridized carbons (Fsp3) is 0.102. The van der Waals surface area contributed by atoms with Gasteiger partial charge in [0.15, 0.2) is 5.75 Å². The van der Waals surface area contributed by atoms with Gasteiger partial charge in [0.1, 0.15) is 5.69 Å². The number of benzene rings is 7. The molecule has 0 radical (unpaired) electrons. The molecule has 318 valence electrons. The molecule has 15 heteroatoms. The average molecular weight is 852 g/mol. The molecule has 0 saturated carbocycles. The summed E-state index contributed by atoms with van der Waals surface area (Å²) in [5.74, 6) is -2.16. The first-order valence-corrected chi connectivity index (χ1v) is 20.0. The summed E-state index contributed by atoms with van der Waals surface area (Å²) in [6.07, 6.45) is -0.432. The topological polar surface area (TPSA) is 219 Å². The Morgan fingerprint density at radius 1 is 0.469 bits per heavy atom. The molecule has 7 aromatic rings. The summed E-state index contributed by atoms with van der Waals surface area (Å²) in [4.78, 5) is 48.1. The maximum atomic E-state index is 12.9. The predicted octanol–water partition coefficient (Wildman–Crippen LogP) is 13.0. The summed E-state index contributed by atoms with van der Waals surface area (Å²) in [6, 6.07) is 40.0. The number of para-hydroxylation sites is 1. The van der Waals surface area contributed by atoms with Crippen LogP contribution in [0, 0.1) is 20.8 Å². The third-order valence-electron chi connectivity index (χ3n) is 9.89. The second-order valence-electron chi connectivity index (χ2n) is 14.7. The molecule has 5 N–H and O–H groups in total. The minimum Gasteiger partial charge on any atom is -0.505 e. The fourth-order valence-electron chi connectivity index (χ4n) is 6.36. The maximum Gasteiger partial charge on any atom is 0.303 e. The van der Waals surface area contributed by atoms with Crippen LogP contribution in [0.4, 0.5) is 51.2 Å². The highest BCUT2D eigenvalue weighted by Crippen LogP contribution is 2.38. The lowest BCUT2D eigenvalue weighted by Gasteiger charge is -2.09. The number of aromatic hydroxyl groups is 1. The Bertz CT molecular complexity index is 2990. The zero-order valence-corrected chi connectivity index (χ0v) is 34.9. The molecule has 0 aliphatic heterocycles. The molecule has 64 heavy (non-hydrogen) atoms. The van der Waals surface area contributed by atoms with Gasteiger partial charge in [-0.05, 0) is 158 Å². The predicted molar refractivity (Wildman–Crippen MR) is 246 cm³/mol. The summed E-state index contributed by atoms with van der Waals surface area (Å²) >= 11 is 0. The van der Waals surface area contributed by atoms with E-state index in [0.717, 1.165) is 22.4 Å². The van der Waals surface area contributed by atoms with Gasteiger partial charge in [0, 0.05) is 40.0 Å². The van der Waals surface area contributed by atoms with E-state index in [1.54, 1.807) is 91.0 Å². The van der Waals surface area contributed by atoms with E-state index in [2.05, 4.69) is 46.6 Å². The van der Waals surface area contributed by atoms with Crippen LogP contribution in [0.25, 0.3) is 10.8 Å². The number of aryl methyl sites for hydroxylation is 3. The third kappa shape index (κ3) is 11.2. The number of phenolic OH excluding ortho intramolecular Hbond substituents is 1. The van der Waals surface area contributed by atoms with Gasteiger partial charge in [-0.2, -0.15) is 25.6 Å². The van der Waals surface area contributed by atoms with Gasteiger partial charge in [0.05, 0.1) is 34.9 Å². The minimum absolute atomic E-state index is 0.0697. The number of aliphatic carboxylic acids is 1. The summed E-state index contributed by atoms with van der Waals surface area (Å²) in [7, 11) is 0. The van der Waals surface area contributed by atoms with Crippen molar-refractivity contribution in [3.05, 3.63) is 167 Å². The normalized spacial score (nSPS) is 11.4. The molecule has 0 fully saturated rings. The number of carboxylic acids is 1. The molecule has 0 unspecified atom stereocenters. The maximum absolute atomic E-state index is 12.9. The molecule has 7 rings (SSSR count). The molecule has 0 aromatic heterocycles. The first kappa shape index (κ1) is 43.4. The van der Waals surface area contributed by atoms with Crippen molar-refractivity contribution in [2.45, 2.75) is 33.6 Å². The number of nitrogens with one attached hydrogen (secondary N) is 3. The number of carboxylic acid groups (broad SMARTS) is 1. The minimum atomic E-state index is -1.06. The number of azo groups is 3. The van der Waals surface area contributed by atoms with Crippen LogP contribution >= 0.6 is 0 Å². The van der Waals surface area contributed by atoms with Gasteiger partial charge in [0.2, 0.25) is 5.91 Å². The molecule has 0 heterocycles. The molecule has 0 atom stereocenters. The van der Waals surface area contributed by atoms with Crippen LogP contribution in [0.1, 0.15) is 50.2 Å². The van der Waals surface area contributed by atoms with E-state index in [0.29, 0.717) is 61.7 Å². The lowest BCUT2D eigenvalue weighted by molar-refractivity contribution is -0.138.